The van der Waals surface area contributed by atoms with Gasteiger partial charge in [0.15, 0.2) is 0 Å². The first-order valence-electron chi connectivity index (χ1n) is 8.13. The Labute approximate surface area is 158 Å². The van der Waals surface area contributed by atoms with Crippen LogP contribution in [0.2, 0.25) is 0 Å². The second-order valence-corrected chi connectivity index (χ2v) is 10.8. The van der Waals surface area contributed by atoms with Crippen LogP contribution < -0.4 is 4.72 Å². The summed E-state index contributed by atoms with van der Waals surface area (Å²) in [6, 6.07) is 5.98. The smallest absolute Gasteiger partial charge is 0.223 e. The maximum atomic E-state index is 15.2. The Morgan fingerprint density at radius 1 is 1.31 bits per heavy atom. The number of alkyl halides is 1. The monoisotopic (exact) mass is 403 g/mol. The van der Waals surface area contributed by atoms with Gasteiger partial charge in [-0.3, -0.25) is 0 Å². The molecule has 146 valence electrons. The van der Waals surface area contributed by atoms with Gasteiger partial charge in [0.2, 0.25) is 15.3 Å². The first kappa shape index (κ1) is 22.8. The Hall–Kier alpha value is -1.27. The van der Waals surface area contributed by atoms with Crippen molar-refractivity contribution in [2.24, 2.45) is 0 Å². The Kier molecular flexibility index (Phi) is 8.41. The van der Waals surface area contributed by atoms with Crippen molar-refractivity contribution in [2.45, 2.75) is 60.9 Å². The van der Waals surface area contributed by atoms with Crippen LogP contribution in [-0.2, 0) is 25.6 Å². The molecule has 0 saturated heterocycles. The average molecular weight is 404 g/mol. The number of hydrogen-bond donors (Lipinski definition) is 1. The lowest BCUT2D eigenvalue weighted by atomic mass is 10.1. The van der Waals surface area contributed by atoms with Gasteiger partial charge >= 0.3 is 0 Å². The fourth-order valence-corrected chi connectivity index (χ4v) is 4.59. The molecule has 1 rings (SSSR count). The topological polar surface area (TPSA) is 72.5 Å². The minimum Gasteiger partial charge on any atom is -0.380 e. The summed E-state index contributed by atoms with van der Waals surface area (Å²) in [7, 11) is -4.65. The van der Waals surface area contributed by atoms with Crippen LogP contribution in [0.25, 0.3) is 0 Å². The summed E-state index contributed by atoms with van der Waals surface area (Å²) in [5.41, 5.74) is -2.35. The van der Waals surface area contributed by atoms with E-state index in [1.807, 2.05) is 0 Å². The molecule has 4 unspecified atom stereocenters. The molecule has 0 aromatic heterocycles. The molecule has 0 aliphatic carbocycles. The van der Waals surface area contributed by atoms with E-state index in [9.17, 15) is 12.6 Å². The largest absolute Gasteiger partial charge is 0.380 e. The van der Waals surface area contributed by atoms with Crippen molar-refractivity contribution in [1.29, 1.82) is 0 Å². The highest BCUT2D eigenvalue weighted by Crippen LogP contribution is 2.25. The molecule has 0 bridgehead atoms. The molecular weight excluding hydrogens is 377 g/mol. The molecule has 1 aromatic rings. The lowest BCUT2D eigenvalue weighted by molar-refractivity contribution is 0.0552. The predicted molar refractivity (Wildman–Crippen MR) is 102 cm³/mol. The van der Waals surface area contributed by atoms with Crippen molar-refractivity contribution in [3.8, 4) is 12.3 Å². The first-order chi connectivity index (χ1) is 12.1. The van der Waals surface area contributed by atoms with E-state index < -0.39 is 43.2 Å². The normalized spacial score (nSPS) is 17.1. The minimum atomic E-state index is -4.30. The van der Waals surface area contributed by atoms with Crippen molar-refractivity contribution in [1.82, 2.24) is 4.72 Å². The Balaban J connectivity index is 3.25. The van der Waals surface area contributed by atoms with Crippen LogP contribution in [0, 0.1) is 12.3 Å². The van der Waals surface area contributed by atoms with Crippen LogP contribution in [0.1, 0.15) is 33.6 Å². The molecule has 0 aliphatic heterocycles. The zero-order valence-electron chi connectivity index (χ0n) is 15.4. The van der Waals surface area contributed by atoms with Gasteiger partial charge in [-0.1, -0.05) is 18.2 Å². The molecule has 8 heteroatoms. The predicted octanol–water partition coefficient (Wildman–Crippen LogP) is 2.60. The van der Waals surface area contributed by atoms with Crippen LogP contribution in [0.5, 0.6) is 0 Å². The SMILES string of the molecule is C#CCCC(OC)C(NS(=O)C(C)(C)C)C(F)S(=O)(=O)c1ccccc1. The van der Waals surface area contributed by atoms with Crippen LogP contribution in [0.15, 0.2) is 35.2 Å². The van der Waals surface area contributed by atoms with E-state index >= 15 is 4.39 Å². The van der Waals surface area contributed by atoms with Gasteiger partial charge in [-0.2, -0.15) is 0 Å². The van der Waals surface area contributed by atoms with Crippen LogP contribution in [0.3, 0.4) is 0 Å². The molecular formula is C18H26FNO4S2. The number of terminal acetylenes is 1. The van der Waals surface area contributed by atoms with Crippen LogP contribution in [0.4, 0.5) is 4.39 Å². The quantitative estimate of drug-likeness (QED) is 0.644. The molecule has 4 atom stereocenters. The number of hydrogen-bond acceptors (Lipinski definition) is 4. The number of benzene rings is 1. The van der Waals surface area contributed by atoms with Gasteiger partial charge in [0, 0.05) is 13.5 Å². The third kappa shape index (κ3) is 5.88. The number of sulfone groups is 1. The Morgan fingerprint density at radius 3 is 2.35 bits per heavy atom. The fourth-order valence-electron chi connectivity index (χ4n) is 2.20. The molecule has 1 N–H and O–H groups in total. The highest BCUT2D eigenvalue weighted by Gasteiger charge is 2.41. The zero-order chi connectivity index (χ0) is 20.0. The first-order valence-corrected chi connectivity index (χ1v) is 10.8. The second kappa shape index (κ2) is 9.60. The summed E-state index contributed by atoms with van der Waals surface area (Å²) in [4.78, 5) is -0.146. The van der Waals surface area contributed by atoms with E-state index in [1.165, 1.54) is 31.4 Å². The number of ether oxygens (including phenoxy) is 1. The summed E-state index contributed by atoms with van der Waals surface area (Å²) < 4.78 is 60.3. The molecule has 0 saturated carbocycles. The van der Waals surface area contributed by atoms with E-state index in [1.54, 1.807) is 26.8 Å². The van der Waals surface area contributed by atoms with Crippen molar-refractivity contribution in [2.75, 3.05) is 7.11 Å². The summed E-state index contributed by atoms with van der Waals surface area (Å²) in [6.07, 6.45) is 4.91. The molecule has 0 radical (unpaired) electrons. The fraction of sp³-hybridized carbons (Fsp3) is 0.556. The highest BCUT2D eigenvalue weighted by atomic mass is 32.2. The van der Waals surface area contributed by atoms with Gasteiger partial charge < -0.3 is 4.74 Å². The van der Waals surface area contributed by atoms with Crippen molar-refractivity contribution in [3.63, 3.8) is 0 Å². The number of halogens is 1. The standard InChI is InChI=1S/C18H26FNO4S2/c1-6-7-13-15(24-5)16(20-25(21)18(2,3)4)17(19)26(22,23)14-11-9-8-10-12-14/h1,8-12,15-17,20H,7,13H2,2-5H3. The van der Waals surface area contributed by atoms with Gasteiger partial charge in [-0.25, -0.2) is 21.7 Å². The van der Waals surface area contributed by atoms with Gasteiger partial charge in [0.25, 0.3) is 0 Å². The van der Waals surface area contributed by atoms with E-state index in [-0.39, 0.29) is 17.7 Å². The van der Waals surface area contributed by atoms with Gasteiger partial charge in [-0.05, 0) is 39.3 Å². The number of rotatable bonds is 9. The minimum absolute atomic E-state index is 0.146. The third-order valence-electron chi connectivity index (χ3n) is 3.73. The molecule has 5 nitrogen and oxygen atoms in total. The molecule has 26 heavy (non-hydrogen) atoms. The Bertz CT molecular complexity index is 739. The van der Waals surface area contributed by atoms with Crippen molar-refractivity contribution >= 4 is 20.8 Å². The van der Waals surface area contributed by atoms with E-state index in [4.69, 9.17) is 11.2 Å². The van der Waals surface area contributed by atoms with Crippen molar-refractivity contribution < 1.29 is 21.8 Å². The number of nitrogens with one attached hydrogen (secondary N) is 1. The highest BCUT2D eigenvalue weighted by molar-refractivity contribution is 7.92. The summed E-state index contributed by atoms with van der Waals surface area (Å²) in [5, 5.41) is 0. The molecule has 0 spiro atoms. The van der Waals surface area contributed by atoms with E-state index in [2.05, 4.69) is 10.6 Å². The zero-order valence-corrected chi connectivity index (χ0v) is 17.1. The summed E-state index contributed by atoms with van der Waals surface area (Å²) in [6.45, 7) is 5.11. The van der Waals surface area contributed by atoms with Gasteiger partial charge in [0.1, 0.15) is 0 Å². The maximum absolute atomic E-state index is 15.2. The molecule has 0 fully saturated rings. The summed E-state index contributed by atoms with van der Waals surface area (Å²) in [5.74, 6) is 2.42. The lowest BCUT2D eigenvalue weighted by Gasteiger charge is -2.31. The van der Waals surface area contributed by atoms with Gasteiger partial charge in [-0.15, -0.1) is 12.3 Å². The summed E-state index contributed by atoms with van der Waals surface area (Å²) >= 11 is 0. The molecule has 0 aliphatic rings. The Morgan fingerprint density at radius 2 is 1.88 bits per heavy atom. The molecule has 0 amide bonds. The van der Waals surface area contributed by atoms with E-state index in [0.29, 0.717) is 0 Å². The average Bonchev–Trinajstić information content (AvgIpc) is 2.60. The molecule has 1 aromatic carbocycles. The van der Waals surface area contributed by atoms with Crippen molar-refractivity contribution in [3.05, 3.63) is 30.3 Å². The van der Waals surface area contributed by atoms with Gasteiger partial charge in [0.05, 0.1) is 32.8 Å². The lowest BCUT2D eigenvalue weighted by Crippen LogP contribution is -2.53. The van der Waals surface area contributed by atoms with E-state index in [0.717, 1.165) is 0 Å². The second-order valence-electron chi connectivity index (χ2n) is 6.75. The third-order valence-corrected chi connectivity index (χ3v) is 7.14. The maximum Gasteiger partial charge on any atom is 0.223 e. The number of methoxy groups -OCH3 is 1. The van der Waals surface area contributed by atoms with Crippen LogP contribution >= 0.6 is 0 Å². The molecule has 0 heterocycles. The van der Waals surface area contributed by atoms with Crippen LogP contribution in [-0.4, -0.2) is 42.1 Å².